The van der Waals surface area contributed by atoms with Gasteiger partial charge in [-0.15, -0.1) is 0 Å². The SMILES string of the molecule is COc1cc(Cc2cn(C(c3ccccc3)c3ccccc3)c3ccc(NC(=O)OC4CCCC4)cc23)ccc1C(=O)NS(=O)(=O)c1ccccc1C. The summed E-state index contributed by atoms with van der Waals surface area (Å²) in [6.07, 6.45) is 5.95. The van der Waals surface area contributed by atoms with E-state index in [0.29, 0.717) is 17.7 Å². The number of nitrogens with zero attached hydrogens (tertiary/aromatic N) is 1. The lowest BCUT2D eigenvalue weighted by molar-refractivity contribution is 0.0978. The van der Waals surface area contributed by atoms with E-state index < -0.39 is 22.0 Å². The molecule has 1 aromatic heterocycles. The highest BCUT2D eigenvalue weighted by atomic mass is 32.2. The Bertz CT molecular complexity index is 2330. The average Bonchev–Trinajstić information content (AvgIpc) is 3.80. The number of sulfonamides is 1. The number of hydrogen-bond donors (Lipinski definition) is 2. The number of amides is 2. The van der Waals surface area contributed by atoms with Gasteiger partial charge in [0.1, 0.15) is 11.9 Å². The molecular weight excluding hydrogens is 687 g/mol. The van der Waals surface area contributed by atoms with E-state index in [1.807, 2.05) is 54.6 Å². The fraction of sp³-hybridized carbons (Fsp3) is 0.209. The first kappa shape index (κ1) is 35.5. The van der Waals surface area contributed by atoms with Gasteiger partial charge in [0.15, 0.2) is 0 Å². The summed E-state index contributed by atoms with van der Waals surface area (Å²) in [6, 6.07) is 38.0. The Morgan fingerprint density at radius 3 is 2.15 bits per heavy atom. The van der Waals surface area contributed by atoms with Crippen LogP contribution in [0.4, 0.5) is 10.5 Å². The molecular formula is C43H41N3O6S. The number of ether oxygens (including phenoxy) is 2. The molecule has 2 amide bonds. The standard InChI is InChI=1S/C43H41N3O6S/c1-29-13-9-12-20-40(29)53(49,50)45-42(47)36-23-21-30(26-39(36)51-2)25-33-28-46(41(31-14-5-3-6-15-31)32-16-7-4-8-17-32)38-24-22-34(27-37(33)38)44-43(48)52-35-18-10-11-19-35/h3-9,12-17,20-24,26-28,35,41H,10-11,18-19,25H2,1-2H3,(H,44,48)(H,45,47). The van der Waals surface area contributed by atoms with Crippen molar-refractivity contribution < 1.29 is 27.5 Å². The lowest BCUT2D eigenvalue weighted by Crippen LogP contribution is -2.31. The molecule has 0 radical (unpaired) electrons. The lowest BCUT2D eigenvalue weighted by atomic mass is 9.98. The smallest absolute Gasteiger partial charge is 0.411 e. The van der Waals surface area contributed by atoms with Crippen LogP contribution in [0.5, 0.6) is 5.75 Å². The quantitative estimate of drug-likeness (QED) is 0.138. The number of carbonyl (C=O) groups is 2. The van der Waals surface area contributed by atoms with Crippen molar-refractivity contribution in [2.75, 3.05) is 12.4 Å². The Morgan fingerprint density at radius 1 is 0.830 bits per heavy atom. The summed E-state index contributed by atoms with van der Waals surface area (Å²) in [5.41, 5.74) is 6.26. The number of methoxy groups -OCH3 is 1. The largest absolute Gasteiger partial charge is 0.496 e. The van der Waals surface area contributed by atoms with E-state index >= 15 is 0 Å². The zero-order valence-electron chi connectivity index (χ0n) is 29.6. The average molecular weight is 728 g/mol. The van der Waals surface area contributed by atoms with Crippen LogP contribution in [0.25, 0.3) is 10.9 Å². The van der Waals surface area contributed by atoms with Gasteiger partial charge in [0, 0.05) is 22.8 Å². The normalized spacial score (nSPS) is 13.3. The van der Waals surface area contributed by atoms with E-state index in [1.165, 1.54) is 13.2 Å². The zero-order valence-corrected chi connectivity index (χ0v) is 30.4. The number of anilines is 1. The van der Waals surface area contributed by atoms with Crippen LogP contribution in [0.2, 0.25) is 0 Å². The van der Waals surface area contributed by atoms with Crippen LogP contribution in [0.15, 0.2) is 132 Å². The molecule has 0 atom stereocenters. The van der Waals surface area contributed by atoms with E-state index in [1.54, 1.807) is 43.3 Å². The van der Waals surface area contributed by atoms with Gasteiger partial charge in [-0.25, -0.2) is 17.9 Å². The predicted molar refractivity (Wildman–Crippen MR) is 206 cm³/mol. The zero-order chi connectivity index (χ0) is 37.0. The fourth-order valence-electron chi connectivity index (χ4n) is 7.19. The van der Waals surface area contributed by atoms with E-state index in [2.05, 4.69) is 45.1 Å². The van der Waals surface area contributed by atoms with Crippen LogP contribution in [0, 0.1) is 6.92 Å². The molecule has 9 nitrogen and oxygen atoms in total. The summed E-state index contributed by atoms with van der Waals surface area (Å²) in [7, 11) is -2.67. The highest BCUT2D eigenvalue weighted by Gasteiger charge is 2.25. The number of hydrogen-bond acceptors (Lipinski definition) is 6. The Kier molecular flexibility index (Phi) is 10.3. The number of fused-ring (bicyclic) bond motifs is 1. The monoisotopic (exact) mass is 727 g/mol. The van der Waals surface area contributed by atoms with Gasteiger partial charge in [0.2, 0.25) is 0 Å². The first-order chi connectivity index (χ1) is 25.7. The number of nitrogens with one attached hydrogen (secondary N) is 2. The molecule has 1 aliphatic rings. The van der Waals surface area contributed by atoms with Crippen LogP contribution in [0.3, 0.4) is 0 Å². The first-order valence-electron chi connectivity index (χ1n) is 17.7. The van der Waals surface area contributed by atoms with Crippen molar-refractivity contribution in [3.63, 3.8) is 0 Å². The van der Waals surface area contributed by atoms with E-state index in [9.17, 15) is 18.0 Å². The topological polar surface area (TPSA) is 116 Å². The summed E-state index contributed by atoms with van der Waals surface area (Å²) in [4.78, 5) is 26.2. The van der Waals surface area contributed by atoms with E-state index in [0.717, 1.165) is 58.8 Å². The Labute approximate surface area is 309 Å². The highest BCUT2D eigenvalue weighted by molar-refractivity contribution is 7.90. The highest BCUT2D eigenvalue weighted by Crippen LogP contribution is 2.36. The summed E-state index contributed by atoms with van der Waals surface area (Å²) in [5.74, 6) is -0.547. The predicted octanol–water partition coefficient (Wildman–Crippen LogP) is 8.80. The van der Waals surface area contributed by atoms with Gasteiger partial charge < -0.3 is 14.0 Å². The molecule has 0 unspecified atom stereocenters. The Balaban J connectivity index is 1.25. The summed E-state index contributed by atoms with van der Waals surface area (Å²) in [5, 5.41) is 3.88. The third-order valence-corrected chi connectivity index (χ3v) is 11.3. The molecule has 6 aromatic rings. The van der Waals surface area contributed by atoms with Gasteiger partial charge in [-0.3, -0.25) is 10.1 Å². The van der Waals surface area contributed by atoms with Crippen LogP contribution >= 0.6 is 0 Å². The van der Waals surface area contributed by atoms with Gasteiger partial charge in [-0.1, -0.05) is 84.9 Å². The summed E-state index contributed by atoms with van der Waals surface area (Å²) < 4.78 is 42.0. The minimum absolute atomic E-state index is 0.0327. The summed E-state index contributed by atoms with van der Waals surface area (Å²) in [6.45, 7) is 1.68. The second-order valence-electron chi connectivity index (χ2n) is 13.4. The maximum atomic E-state index is 13.3. The molecule has 53 heavy (non-hydrogen) atoms. The van der Waals surface area contributed by atoms with E-state index in [4.69, 9.17) is 9.47 Å². The van der Waals surface area contributed by atoms with Gasteiger partial charge >= 0.3 is 6.09 Å². The number of benzene rings is 5. The molecule has 0 aliphatic heterocycles. The van der Waals surface area contributed by atoms with Crippen LogP contribution in [-0.4, -0.2) is 38.2 Å². The third kappa shape index (κ3) is 7.83. The van der Waals surface area contributed by atoms with Crippen molar-refractivity contribution in [3.8, 4) is 5.75 Å². The fourth-order valence-corrected chi connectivity index (χ4v) is 8.40. The van der Waals surface area contributed by atoms with Crippen molar-refractivity contribution in [3.05, 3.63) is 161 Å². The molecule has 1 aliphatic carbocycles. The van der Waals surface area contributed by atoms with Crippen molar-refractivity contribution in [1.29, 1.82) is 0 Å². The molecule has 1 fully saturated rings. The molecule has 7 rings (SSSR count). The van der Waals surface area contributed by atoms with Crippen molar-refractivity contribution >= 4 is 38.6 Å². The third-order valence-electron chi connectivity index (χ3n) is 9.76. The Morgan fingerprint density at radius 2 is 1.49 bits per heavy atom. The maximum absolute atomic E-state index is 13.3. The number of carbonyl (C=O) groups excluding carboxylic acids is 2. The molecule has 10 heteroatoms. The second kappa shape index (κ2) is 15.4. The molecule has 270 valence electrons. The lowest BCUT2D eigenvalue weighted by Gasteiger charge is -2.21. The second-order valence-corrected chi connectivity index (χ2v) is 15.0. The molecule has 2 N–H and O–H groups in total. The molecule has 5 aromatic carbocycles. The van der Waals surface area contributed by atoms with Gasteiger partial charge in [0.05, 0.1) is 23.6 Å². The number of aromatic nitrogens is 1. The van der Waals surface area contributed by atoms with Crippen molar-refractivity contribution in [2.45, 2.75) is 56.1 Å². The number of aryl methyl sites for hydroxylation is 1. The molecule has 1 heterocycles. The van der Waals surface area contributed by atoms with Gasteiger partial charge in [0.25, 0.3) is 15.9 Å². The molecule has 0 saturated heterocycles. The Hall–Kier alpha value is -5.87. The minimum Gasteiger partial charge on any atom is -0.496 e. The van der Waals surface area contributed by atoms with Gasteiger partial charge in [-0.2, -0.15) is 0 Å². The van der Waals surface area contributed by atoms with E-state index in [-0.39, 0.29) is 28.4 Å². The molecule has 1 saturated carbocycles. The maximum Gasteiger partial charge on any atom is 0.411 e. The van der Waals surface area contributed by atoms with Crippen LogP contribution in [0.1, 0.15) is 69.9 Å². The van der Waals surface area contributed by atoms with Crippen LogP contribution < -0.4 is 14.8 Å². The minimum atomic E-state index is -4.11. The first-order valence-corrected chi connectivity index (χ1v) is 19.2. The molecule has 0 bridgehead atoms. The number of rotatable bonds is 11. The summed E-state index contributed by atoms with van der Waals surface area (Å²) >= 11 is 0. The van der Waals surface area contributed by atoms with Gasteiger partial charge in [-0.05, 0) is 103 Å². The van der Waals surface area contributed by atoms with Crippen molar-refractivity contribution in [2.24, 2.45) is 0 Å². The van der Waals surface area contributed by atoms with Crippen molar-refractivity contribution in [1.82, 2.24) is 9.29 Å². The van der Waals surface area contributed by atoms with Crippen LogP contribution in [-0.2, 0) is 21.2 Å². The molecule has 0 spiro atoms.